The Morgan fingerprint density at radius 1 is 1.04 bits per heavy atom. The Balaban J connectivity index is 1.44. The van der Waals surface area contributed by atoms with Gasteiger partial charge in [0.1, 0.15) is 5.75 Å². The third kappa shape index (κ3) is 4.73. The average Bonchev–Trinajstić information content (AvgIpc) is 2.64. The Morgan fingerprint density at radius 3 is 2.64 bits per heavy atom. The fraction of sp³-hybridized carbons (Fsp3) is 0.263. The third-order valence-electron chi connectivity index (χ3n) is 3.99. The van der Waals surface area contributed by atoms with Crippen LogP contribution < -0.4 is 4.74 Å². The minimum atomic E-state index is -0.592. The molecule has 0 fully saturated rings. The van der Waals surface area contributed by atoms with Crippen LogP contribution in [0.25, 0.3) is 0 Å². The molecule has 0 saturated carbocycles. The van der Waals surface area contributed by atoms with Gasteiger partial charge in [-0.2, -0.15) is 0 Å². The van der Waals surface area contributed by atoms with Crippen LogP contribution in [0, 0.1) is 0 Å². The topological polar surface area (TPSA) is 55.8 Å². The van der Waals surface area contributed by atoms with E-state index in [-0.39, 0.29) is 19.1 Å². The zero-order valence-corrected chi connectivity index (χ0v) is 14.4. The highest BCUT2D eigenvalue weighted by atomic mass is 35.5. The van der Waals surface area contributed by atoms with Crippen LogP contribution in [-0.4, -0.2) is 36.5 Å². The number of hydrogen-bond donors (Lipinski definition) is 0. The van der Waals surface area contributed by atoms with Gasteiger partial charge >= 0.3 is 5.97 Å². The minimum Gasteiger partial charge on any atom is -0.482 e. The van der Waals surface area contributed by atoms with Gasteiger partial charge in [-0.1, -0.05) is 41.9 Å². The van der Waals surface area contributed by atoms with Crippen molar-refractivity contribution in [2.45, 2.75) is 13.0 Å². The number of halogens is 1. The van der Waals surface area contributed by atoms with Gasteiger partial charge in [0.05, 0.1) is 0 Å². The van der Waals surface area contributed by atoms with Crippen LogP contribution in [0.2, 0.25) is 5.02 Å². The molecule has 2 aromatic rings. The van der Waals surface area contributed by atoms with Crippen molar-refractivity contribution in [3.8, 4) is 5.75 Å². The number of nitrogens with zero attached hydrogens (tertiary/aromatic N) is 1. The van der Waals surface area contributed by atoms with Crippen molar-refractivity contribution in [3.63, 3.8) is 0 Å². The molecule has 6 heteroatoms. The number of fused-ring (bicyclic) bond motifs is 1. The molecule has 0 atom stereocenters. The van der Waals surface area contributed by atoms with E-state index in [1.807, 2.05) is 18.2 Å². The van der Waals surface area contributed by atoms with E-state index in [4.69, 9.17) is 21.1 Å². The van der Waals surface area contributed by atoms with Crippen LogP contribution in [0.5, 0.6) is 5.75 Å². The lowest BCUT2D eigenvalue weighted by Gasteiger charge is -2.28. The number of amides is 1. The molecule has 0 aromatic heterocycles. The minimum absolute atomic E-state index is 0.203. The van der Waals surface area contributed by atoms with Crippen molar-refractivity contribution in [3.05, 3.63) is 64.7 Å². The fourth-order valence-corrected chi connectivity index (χ4v) is 2.86. The molecule has 0 saturated heterocycles. The van der Waals surface area contributed by atoms with Crippen LogP contribution >= 0.6 is 11.6 Å². The molecule has 0 radical (unpaired) electrons. The van der Waals surface area contributed by atoms with Gasteiger partial charge in [0.25, 0.3) is 5.91 Å². The molecule has 1 aliphatic rings. The van der Waals surface area contributed by atoms with E-state index in [0.717, 1.165) is 12.0 Å². The zero-order chi connectivity index (χ0) is 17.6. The summed E-state index contributed by atoms with van der Waals surface area (Å²) in [5, 5.41) is 0.520. The maximum atomic E-state index is 12.2. The second-order valence-electron chi connectivity index (χ2n) is 5.74. The molecule has 0 spiro atoms. The number of esters is 1. The average molecular weight is 360 g/mol. The van der Waals surface area contributed by atoms with Crippen molar-refractivity contribution >= 4 is 23.5 Å². The first-order valence-electron chi connectivity index (χ1n) is 8.00. The number of rotatable bonds is 5. The molecule has 1 heterocycles. The normalized spacial score (nSPS) is 13.1. The number of hydrogen-bond acceptors (Lipinski definition) is 4. The van der Waals surface area contributed by atoms with E-state index in [9.17, 15) is 9.59 Å². The van der Waals surface area contributed by atoms with E-state index < -0.39 is 5.97 Å². The standard InChI is InChI=1S/C19H18ClNO4/c20-16-6-3-7-17(10-16)24-13-19(23)25-12-18(22)21-9-8-14-4-1-2-5-15(14)11-21/h1-7,10H,8-9,11-13H2. The molecule has 0 unspecified atom stereocenters. The van der Waals surface area contributed by atoms with Gasteiger partial charge in [0.15, 0.2) is 13.2 Å². The summed E-state index contributed by atoms with van der Waals surface area (Å²) in [6, 6.07) is 14.8. The lowest BCUT2D eigenvalue weighted by molar-refractivity contribution is -0.154. The summed E-state index contributed by atoms with van der Waals surface area (Å²) in [6.07, 6.45) is 0.813. The molecular formula is C19H18ClNO4. The Kier molecular flexibility index (Phi) is 5.56. The Bertz CT molecular complexity index is 778. The molecule has 25 heavy (non-hydrogen) atoms. The Hall–Kier alpha value is -2.53. The fourth-order valence-electron chi connectivity index (χ4n) is 2.68. The Morgan fingerprint density at radius 2 is 1.84 bits per heavy atom. The summed E-state index contributed by atoms with van der Waals surface area (Å²) in [6.45, 7) is 0.633. The molecule has 5 nitrogen and oxygen atoms in total. The number of ether oxygens (including phenoxy) is 2. The molecule has 0 bridgehead atoms. The van der Waals surface area contributed by atoms with Gasteiger partial charge in [-0.25, -0.2) is 4.79 Å². The largest absolute Gasteiger partial charge is 0.482 e. The molecule has 1 aliphatic heterocycles. The first kappa shape index (κ1) is 17.3. The van der Waals surface area contributed by atoms with E-state index in [1.54, 1.807) is 29.2 Å². The van der Waals surface area contributed by atoms with Crippen molar-refractivity contribution in [1.29, 1.82) is 0 Å². The van der Waals surface area contributed by atoms with Crippen molar-refractivity contribution < 1.29 is 19.1 Å². The lowest BCUT2D eigenvalue weighted by Crippen LogP contribution is -2.38. The number of carbonyl (C=O) groups excluding carboxylic acids is 2. The van der Waals surface area contributed by atoms with Crippen LogP contribution in [0.15, 0.2) is 48.5 Å². The summed E-state index contributed by atoms with van der Waals surface area (Å²) in [5.74, 6) is -0.320. The molecule has 1 amide bonds. The van der Waals surface area contributed by atoms with E-state index >= 15 is 0 Å². The maximum absolute atomic E-state index is 12.2. The molecular weight excluding hydrogens is 342 g/mol. The highest BCUT2D eigenvalue weighted by Crippen LogP contribution is 2.19. The molecule has 0 N–H and O–H groups in total. The van der Waals surface area contributed by atoms with Gasteiger partial charge in [0, 0.05) is 18.1 Å². The van der Waals surface area contributed by atoms with Crippen LogP contribution in [-0.2, 0) is 27.3 Å². The second kappa shape index (κ2) is 8.03. The molecule has 2 aromatic carbocycles. The number of carbonyl (C=O) groups is 2. The molecule has 130 valence electrons. The highest BCUT2D eigenvalue weighted by molar-refractivity contribution is 6.30. The first-order chi connectivity index (χ1) is 12.1. The SMILES string of the molecule is O=C(COc1cccc(Cl)c1)OCC(=O)N1CCc2ccccc2C1. The predicted molar refractivity (Wildman–Crippen MR) is 93.5 cm³/mol. The van der Waals surface area contributed by atoms with Crippen molar-refractivity contribution in [1.82, 2.24) is 4.90 Å². The quantitative estimate of drug-likeness (QED) is 0.770. The first-order valence-corrected chi connectivity index (χ1v) is 8.38. The zero-order valence-electron chi connectivity index (χ0n) is 13.6. The van der Waals surface area contributed by atoms with Gasteiger partial charge in [0.2, 0.25) is 0 Å². The summed E-state index contributed by atoms with van der Waals surface area (Å²) in [7, 11) is 0. The summed E-state index contributed by atoms with van der Waals surface area (Å²) >= 11 is 5.84. The van der Waals surface area contributed by atoms with Gasteiger partial charge in [-0.15, -0.1) is 0 Å². The van der Waals surface area contributed by atoms with Crippen LogP contribution in [0.4, 0.5) is 0 Å². The Labute approximate surface area is 151 Å². The molecule has 3 rings (SSSR count). The highest BCUT2D eigenvalue weighted by Gasteiger charge is 2.21. The van der Waals surface area contributed by atoms with Gasteiger partial charge in [-0.3, -0.25) is 4.79 Å². The third-order valence-corrected chi connectivity index (χ3v) is 4.23. The van der Waals surface area contributed by atoms with Crippen molar-refractivity contribution in [2.75, 3.05) is 19.8 Å². The number of benzene rings is 2. The van der Waals surface area contributed by atoms with Crippen LogP contribution in [0.1, 0.15) is 11.1 Å². The van der Waals surface area contributed by atoms with Gasteiger partial charge < -0.3 is 14.4 Å². The van der Waals surface area contributed by atoms with Crippen LogP contribution in [0.3, 0.4) is 0 Å². The molecule has 0 aliphatic carbocycles. The predicted octanol–water partition coefficient (Wildman–Crippen LogP) is 2.85. The monoisotopic (exact) mass is 359 g/mol. The van der Waals surface area contributed by atoms with E-state index in [2.05, 4.69) is 6.07 Å². The van der Waals surface area contributed by atoms with E-state index in [1.165, 1.54) is 5.56 Å². The summed E-state index contributed by atoms with van der Waals surface area (Å²) < 4.78 is 10.3. The smallest absolute Gasteiger partial charge is 0.344 e. The lowest BCUT2D eigenvalue weighted by atomic mass is 10.00. The summed E-state index contributed by atoms with van der Waals surface area (Å²) in [5.41, 5.74) is 2.40. The second-order valence-corrected chi connectivity index (χ2v) is 6.18. The maximum Gasteiger partial charge on any atom is 0.344 e. The van der Waals surface area contributed by atoms with E-state index in [0.29, 0.717) is 23.9 Å². The van der Waals surface area contributed by atoms with Crippen molar-refractivity contribution in [2.24, 2.45) is 0 Å². The summed E-state index contributed by atoms with van der Waals surface area (Å²) in [4.78, 5) is 25.7. The van der Waals surface area contributed by atoms with Gasteiger partial charge in [-0.05, 0) is 35.7 Å².